The van der Waals surface area contributed by atoms with Gasteiger partial charge in [-0.25, -0.2) is 0 Å². The number of nitrogens with zero attached hydrogens (tertiary/aromatic N) is 1. The predicted molar refractivity (Wildman–Crippen MR) is 101 cm³/mol. The molecule has 1 saturated heterocycles. The normalized spacial score (nSPS) is 16.2. The number of benzene rings is 2. The largest absolute Gasteiger partial charge is 0.361 e. The Hall–Kier alpha value is -2.59. The summed E-state index contributed by atoms with van der Waals surface area (Å²) in [7, 11) is 0. The highest BCUT2D eigenvalue weighted by atomic mass is 16.1. The van der Waals surface area contributed by atoms with Crippen LogP contribution in [0.15, 0.2) is 60.8 Å². The van der Waals surface area contributed by atoms with E-state index in [2.05, 4.69) is 45.5 Å². The van der Waals surface area contributed by atoms with Crippen molar-refractivity contribution in [1.82, 2.24) is 15.2 Å². The zero-order valence-electron chi connectivity index (χ0n) is 14.2. The molecule has 1 fully saturated rings. The third-order valence-corrected chi connectivity index (χ3v) is 4.99. The number of fused-ring (bicyclic) bond motifs is 1. The molecule has 1 aromatic heterocycles. The molecule has 0 radical (unpaired) electrons. The van der Waals surface area contributed by atoms with Crippen LogP contribution in [0.5, 0.6) is 0 Å². The number of rotatable bonds is 4. The lowest BCUT2D eigenvalue weighted by Gasteiger charge is -2.32. The first kappa shape index (κ1) is 15.9. The van der Waals surface area contributed by atoms with Gasteiger partial charge in [-0.05, 0) is 42.0 Å². The molecule has 128 valence electrons. The van der Waals surface area contributed by atoms with Gasteiger partial charge in [0, 0.05) is 43.0 Å². The van der Waals surface area contributed by atoms with Crippen molar-refractivity contribution in [3.8, 4) is 0 Å². The van der Waals surface area contributed by atoms with Crippen molar-refractivity contribution in [1.29, 1.82) is 0 Å². The molecule has 0 atom stereocenters. The fourth-order valence-corrected chi connectivity index (χ4v) is 3.53. The summed E-state index contributed by atoms with van der Waals surface area (Å²) >= 11 is 0. The van der Waals surface area contributed by atoms with Crippen molar-refractivity contribution >= 4 is 16.8 Å². The van der Waals surface area contributed by atoms with E-state index in [0.717, 1.165) is 48.9 Å². The van der Waals surface area contributed by atoms with Gasteiger partial charge in [0.15, 0.2) is 0 Å². The van der Waals surface area contributed by atoms with E-state index >= 15 is 0 Å². The van der Waals surface area contributed by atoms with Crippen LogP contribution in [0.3, 0.4) is 0 Å². The van der Waals surface area contributed by atoms with Gasteiger partial charge in [0.05, 0.1) is 0 Å². The van der Waals surface area contributed by atoms with Crippen LogP contribution in [-0.2, 0) is 6.54 Å². The average Bonchev–Trinajstić information content (AvgIpc) is 3.12. The number of H-pyrrole nitrogens is 1. The highest BCUT2D eigenvalue weighted by molar-refractivity contribution is 5.98. The smallest absolute Gasteiger partial charge is 0.251 e. The first-order valence-corrected chi connectivity index (χ1v) is 8.92. The second-order valence-electron chi connectivity index (χ2n) is 6.79. The number of aromatic nitrogens is 1. The van der Waals surface area contributed by atoms with Gasteiger partial charge >= 0.3 is 0 Å². The number of carbonyl (C=O) groups is 1. The van der Waals surface area contributed by atoms with Crippen LogP contribution in [-0.4, -0.2) is 34.9 Å². The Bertz CT molecular complexity index is 848. The van der Waals surface area contributed by atoms with Gasteiger partial charge in [0.25, 0.3) is 5.91 Å². The van der Waals surface area contributed by atoms with Crippen LogP contribution in [0, 0.1) is 0 Å². The maximum Gasteiger partial charge on any atom is 0.251 e. The molecule has 1 aliphatic heterocycles. The van der Waals surface area contributed by atoms with Crippen LogP contribution in [0.2, 0.25) is 0 Å². The average molecular weight is 333 g/mol. The number of likely N-dealkylation sites (tertiary alicyclic amines) is 1. The second-order valence-corrected chi connectivity index (χ2v) is 6.79. The quantitative estimate of drug-likeness (QED) is 0.767. The topological polar surface area (TPSA) is 48.1 Å². The van der Waals surface area contributed by atoms with Crippen LogP contribution in [0.25, 0.3) is 10.9 Å². The summed E-state index contributed by atoms with van der Waals surface area (Å²) in [6.07, 6.45) is 3.90. The number of hydrogen-bond donors (Lipinski definition) is 2. The zero-order chi connectivity index (χ0) is 17.1. The number of amides is 1. The van der Waals surface area contributed by atoms with Gasteiger partial charge in [-0.15, -0.1) is 0 Å². The Labute approximate surface area is 147 Å². The van der Waals surface area contributed by atoms with Crippen molar-refractivity contribution in [3.05, 3.63) is 71.9 Å². The van der Waals surface area contributed by atoms with Gasteiger partial charge in [-0.1, -0.05) is 36.4 Å². The number of carbonyl (C=O) groups excluding carboxylic acids is 1. The maximum atomic E-state index is 12.5. The number of nitrogens with one attached hydrogen (secondary N) is 2. The Morgan fingerprint density at radius 2 is 1.88 bits per heavy atom. The first-order chi connectivity index (χ1) is 12.3. The van der Waals surface area contributed by atoms with Crippen LogP contribution in [0.4, 0.5) is 0 Å². The highest BCUT2D eigenvalue weighted by Crippen LogP contribution is 2.17. The molecule has 0 saturated carbocycles. The Morgan fingerprint density at radius 3 is 2.68 bits per heavy atom. The summed E-state index contributed by atoms with van der Waals surface area (Å²) in [4.78, 5) is 18.1. The Morgan fingerprint density at radius 1 is 1.08 bits per heavy atom. The molecule has 2 N–H and O–H groups in total. The molecule has 2 heterocycles. The molecular formula is C21H23N3O. The summed E-state index contributed by atoms with van der Waals surface area (Å²) in [6, 6.07) is 18.7. The van der Waals surface area contributed by atoms with Gasteiger partial charge < -0.3 is 10.3 Å². The first-order valence-electron chi connectivity index (χ1n) is 8.92. The van der Waals surface area contributed by atoms with Crippen molar-refractivity contribution < 1.29 is 4.79 Å². The third kappa shape index (κ3) is 3.74. The van der Waals surface area contributed by atoms with Gasteiger partial charge in [-0.2, -0.15) is 0 Å². The Kier molecular flexibility index (Phi) is 4.53. The molecule has 3 aromatic rings. The van der Waals surface area contributed by atoms with E-state index in [0.29, 0.717) is 0 Å². The lowest BCUT2D eigenvalue weighted by atomic mass is 10.0. The summed E-state index contributed by atoms with van der Waals surface area (Å²) in [5.41, 5.74) is 3.08. The fourth-order valence-electron chi connectivity index (χ4n) is 3.53. The van der Waals surface area contributed by atoms with E-state index in [1.54, 1.807) is 0 Å². The maximum absolute atomic E-state index is 12.5. The summed E-state index contributed by atoms with van der Waals surface area (Å²) in [5.74, 6) is 0.0259. The third-order valence-electron chi connectivity index (χ3n) is 4.99. The van der Waals surface area contributed by atoms with Crippen molar-refractivity contribution in [3.63, 3.8) is 0 Å². The van der Waals surface area contributed by atoms with Crippen molar-refractivity contribution in [2.24, 2.45) is 0 Å². The Balaban J connectivity index is 1.31. The molecule has 1 aliphatic rings. The minimum Gasteiger partial charge on any atom is -0.361 e. The zero-order valence-corrected chi connectivity index (χ0v) is 14.2. The summed E-state index contributed by atoms with van der Waals surface area (Å²) < 4.78 is 0. The summed E-state index contributed by atoms with van der Waals surface area (Å²) in [6.45, 7) is 3.04. The van der Waals surface area contributed by atoms with Gasteiger partial charge in [0.1, 0.15) is 0 Å². The molecule has 2 aromatic carbocycles. The molecule has 0 bridgehead atoms. The van der Waals surface area contributed by atoms with Crippen LogP contribution < -0.4 is 5.32 Å². The van der Waals surface area contributed by atoms with E-state index in [4.69, 9.17) is 0 Å². The predicted octanol–water partition coefficient (Wildman–Crippen LogP) is 3.56. The second kappa shape index (κ2) is 7.11. The molecule has 0 aliphatic carbocycles. The fraction of sp³-hybridized carbons (Fsp3) is 0.286. The van der Waals surface area contributed by atoms with Crippen LogP contribution >= 0.6 is 0 Å². The number of piperidine rings is 1. The lowest BCUT2D eigenvalue weighted by molar-refractivity contribution is 0.0909. The van der Waals surface area contributed by atoms with E-state index in [9.17, 15) is 4.79 Å². The number of aromatic amines is 1. The minimum atomic E-state index is 0.0259. The molecule has 4 nitrogen and oxygen atoms in total. The van der Waals surface area contributed by atoms with E-state index in [1.807, 2.05) is 30.5 Å². The monoisotopic (exact) mass is 333 g/mol. The van der Waals surface area contributed by atoms with E-state index < -0.39 is 0 Å². The van der Waals surface area contributed by atoms with Gasteiger partial charge in [0.2, 0.25) is 0 Å². The summed E-state index contributed by atoms with van der Waals surface area (Å²) in [5, 5.41) is 4.33. The molecule has 1 amide bonds. The minimum absolute atomic E-state index is 0.0259. The van der Waals surface area contributed by atoms with E-state index in [1.165, 1.54) is 5.56 Å². The van der Waals surface area contributed by atoms with Crippen LogP contribution in [0.1, 0.15) is 28.8 Å². The molecule has 4 heteroatoms. The molecule has 0 unspecified atom stereocenters. The van der Waals surface area contributed by atoms with Crippen molar-refractivity contribution in [2.45, 2.75) is 25.4 Å². The van der Waals surface area contributed by atoms with Gasteiger partial charge in [-0.3, -0.25) is 9.69 Å². The molecule has 25 heavy (non-hydrogen) atoms. The molecule has 4 rings (SSSR count). The van der Waals surface area contributed by atoms with E-state index in [-0.39, 0.29) is 11.9 Å². The molecule has 0 spiro atoms. The molecular weight excluding hydrogens is 310 g/mol. The SMILES string of the molecule is O=C(NC1CCN(Cc2ccccc2)CC1)c1ccc2cc[nH]c2c1. The lowest BCUT2D eigenvalue weighted by Crippen LogP contribution is -2.44. The number of hydrogen-bond acceptors (Lipinski definition) is 2. The van der Waals surface area contributed by atoms with Crippen molar-refractivity contribution in [2.75, 3.05) is 13.1 Å². The standard InChI is InChI=1S/C21H23N3O/c25-21(18-7-6-17-8-11-22-20(17)14-18)23-19-9-12-24(13-10-19)15-16-4-2-1-3-5-16/h1-8,11,14,19,22H,9-10,12-13,15H2,(H,23,25). The highest BCUT2D eigenvalue weighted by Gasteiger charge is 2.21.